The van der Waals surface area contributed by atoms with E-state index in [2.05, 4.69) is 0 Å². The van der Waals surface area contributed by atoms with Crippen molar-refractivity contribution < 1.29 is 4.39 Å². The summed E-state index contributed by atoms with van der Waals surface area (Å²) in [6.07, 6.45) is 4.70. The van der Waals surface area contributed by atoms with Gasteiger partial charge in [-0.15, -0.1) is 0 Å². The Morgan fingerprint density at radius 3 is 2.73 bits per heavy atom. The highest BCUT2D eigenvalue weighted by molar-refractivity contribution is 5.34. The molecule has 3 rings (SSSR count). The number of rotatable bonds is 3. The third kappa shape index (κ3) is 1.67. The Bertz CT molecular complexity index is 386. The summed E-state index contributed by atoms with van der Waals surface area (Å²) in [5.41, 5.74) is 6.99. The van der Waals surface area contributed by atoms with Crippen molar-refractivity contribution in [1.29, 1.82) is 0 Å². The van der Waals surface area contributed by atoms with E-state index >= 15 is 0 Å². The van der Waals surface area contributed by atoms with Crippen LogP contribution in [0.4, 0.5) is 4.39 Å². The summed E-state index contributed by atoms with van der Waals surface area (Å²) >= 11 is 0. The van der Waals surface area contributed by atoms with E-state index in [1.165, 1.54) is 18.9 Å². The summed E-state index contributed by atoms with van der Waals surface area (Å²) in [6, 6.07) is 7.04. The first-order valence-corrected chi connectivity index (χ1v) is 5.72. The summed E-state index contributed by atoms with van der Waals surface area (Å²) in [4.78, 5) is 0. The predicted octanol–water partition coefficient (Wildman–Crippen LogP) is 2.81. The van der Waals surface area contributed by atoms with Gasteiger partial charge >= 0.3 is 0 Å². The molecular formula is C13H16FN. The average Bonchev–Trinajstić information content (AvgIpc) is 3.08. The molecule has 2 heteroatoms. The minimum atomic E-state index is -0.0939. The molecule has 1 nitrogen and oxygen atoms in total. The molecule has 0 amide bonds. The van der Waals surface area contributed by atoms with Gasteiger partial charge in [0.1, 0.15) is 5.82 Å². The van der Waals surface area contributed by atoms with Crippen molar-refractivity contribution in [1.82, 2.24) is 0 Å². The van der Waals surface area contributed by atoms with E-state index in [0.717, 1.165) is 24.3 Å². The topological polar surface area (TPSA) is 26.0 Å². The third-order valence-electron chi connectivity index (χ3n) is 3.76. The highest BCUT2D eigenvalue weighted by Gasteiger charge is 2.54. The average molecular weight is 205 g/mol. The van der Waals surface area contributed by atoms with E-state index < -0.39 is 0 Å². The molecule has 80 valence electrons. The Hall–Kier alpha value is -0.890. The van der Waals surface area contributed by atoms with Crippen molar-refractivity contribution in [3.63, 3.8) is 0 Å². The molecule has 2 N–H and O–H groups in total. The maximum absolute atomic E-state index is 13.5. The maximum Gasteiger partial charge on any atom is 0.126 e. The second-order valence-corrected chi connectivity index (χ2v) is 5.16. The van der Waals surface area contributed by atoms with Crippen LogP contribution in [0.1, 0.15) is 37.2 Å². The van der Waals surface area contributed by atoms with Gasteiger partial charge in [0.2, 0.25) is 0 Å². The predicted molar refractivity (Wildman–Crippen MR) is 58.0 cm³/mol. The Balaban J connectivity index is 1.77. The van der Waals surface area contributed by atoms with Gasteiger partial charge in [-0.1, -0.05) is 31.0 Å². The summed E-state index contributed by atoms with van der Waals surface area (Å²) in [7, 11) is 0. The first kappa shape index (κ1) is 9.34. The molecule has 0 bridgehead atoms. The van der Waals surface area contributed by atoms with E-state index in [1.54, 1.807) is 6.07 Å². The molecular weight excluding hydrogens is 189 g/mol. The van der Waals surface area contributed by atoms with Crippen LogP contribution in [0, 0.1) is 11.7 Å². The Morgan fingerprint density at radius 2 is 2.07 bits per heavy atom. The molecule has 1 aromatic rings. The van der Waals surface area contributed by atoms with E-state index in [0.29, 0.717) is 0 Å². The van der Waals surface area contributed by atoms with Crippen LogP contribution in [0.25, 0.3) is 0 Å². The molecule has 2 fully saturated rings. The summed E-state index contributed by atoms with van der Waals surface area (Å²) in [5.74, 6) is 0.997. The molecule has 2 unspecified atom stereocenters. The molecule has 2 atom stereocenters. The van der Waals surface area contributed by atoms with E-state index in [9.17, 15) is 4.39 Å². The van der Waals surface area contributed by atoms with Crippen LogP contribution < -0.4 is 5.73 Å². The number of hydrogen-bond donors (Lipinski definition) is 1. The first-order valence-electron chi connectivity index (χ1n) is 5.72. The van der Waals surface area contributed by atoms with Gasteiger partial charge in [-0.05, 0) is 30.4 Å². The van der Waals surface area contributed by atoms with Crippen molar-refractivity contribution in [2.24, 2.45) is 11.7 Å². The molecule has 0 spiro atoms. The van der Waals surface area contributed by atoms with Crippen LogP contribution in [-0.2, 0) is 0 Å². The van der Waals surface area contributed by atoms with E-state index in [-0.39, 0.29) is 17.3 Å². The van der Waals surface area contributed by atoms with Crippen LogP contribution in [0.5, 0.6) is 0 Å². The van der Waals surface area contributed by atoms with Crippen LogP contribution in [0.3, 0.4) is 0 Å². The number of hydrogen-bond acceptors (Lipinski definition) is 1. The molecule has 2 saturated carbocycles. The zero-order valence-electron chi connectivity index (χ0n) is 8.75. The lowest BCUT2D eigenvalue weighted by atomic mass is 10.0. The Morgan fingerprint density at radius 1 is 1.33 bits per heavy atom. The van der Waals surface area contributed by atoms with Gasteiger partial charge in [0.05, 0.1) is 0 Å². The van der Waals surface area contributed by atoms with Crippen molar-refractivity contribution in [3.05, 3.63) is 35.6 Å². The number of nitrogens with two attached hydrogens (primary N) is 1. The largest absolute Gasteiger partial charge is 0.325 e. The summed E-state index contributed by atoms with van der Waals surface area (Å²) < 4.78 is 13.5. The molecule has 0 aliphatic heterocycles. The monoisotopic (exact) mass is 205 g/mol. The maximum atomic E-state index is 13.5. The van der Waals surface area contributed by atoms with Crippen molar-refractivity contribution in [2.45, 2.75) is 37.1 Å². The smallest absolute Gasteiger partial charge is 0.126 e. The lowest BCUT2D eigenvalue weighted by Crippen LogP contribution is -2.25. The molecule has 15 heavy (non-hydrogen) atoms. The molecule has 0 radical (unpaired) electrons. The van der Waals surface area contributed by atoms with Gasteiger partial charge < -0.3 is 5.73 Å². The van der Waals surface area contributed by atoms with E-state index in [4.69, 9.17) is 5.73 Å². The van der Waals surface area contributed by atoms with Crippen LogP contribution in [0.2, 0.25) is 0 Å². The number of halogens is 1. The lowest BCUT2D eigenvalue weighted by Gasteiger charge is -2.11. The SMILES string of the molecule is NC1(CC2CC2)CC1c1ccccc1F. The highest BCUT2D eigenvalue weighted by atomic mass is 19.1. The first-order chi connectivity index (χ1) is 7.19. The lowest BCUT2D eigenvalue weighted by molar-refractivity contribution is 0.534. The van der Waals surface area contributed by atoms with Gasteiger partial charge in [0.15, 0.2) is 0 Å². The fourth-order valence-corrected chi connectivity index (χ4v) is 2.58. The zero-order chi connectivity index (χ0) is 10.5. The highest BCUT2D eigenvalue weighted by Crippen LogP contribution is 2.56. The molecule has 2 aliphatic carbocycles. The van der Waals surface area contributed by atoms with Gasteiger partial charge in [-0.3, -0.25) is 0 Å². The standard InChI is InChI=1S/C13H16FN/c14-12-4-2-1-3-10(12)11-8-13(11,15)7-9-5-6-9/h1-4,9,11H,5-8,15H2. The van der Waals surface area contributed by atoms with Crippen LogP contribution in [0.15, 0.2) is 24.3 Å². The van der Waals surface area contributed by atoms with Crippen molar-refractivity contribution in [2.75, 3.05) is 0 Å². The number of benzene rings is 1. The molecule has 1 aromatic carbocycles. The van der Waals surface area contributed by atoms with Gasteiger partial charge in [0, 0.05) is 11.5 Å². The Labute approximate surface area is 89.5 Å². The molecule has 2 aliphatic rings. The van der Waals surface area contributed by atoms with Crippen LogP contribution >= 0.6 is 0 Å². The van der Waals surface area contributed by atoms with Gasteiger partial charge in [0.25, 0.3) is 0 Å². The molecule has 0 heterocycles. The third-order valence-corrected chi connectivity index (χ3v) is 3.76. The quantitative estimate of drug-likeness (QED) is 0.806. The zero-order valence-corrected chi connectivity index (χ0v) is 8.75. The fourth-order valence-electron chi connectivity index (χ4n) is 2.58. The van der Waals surface area contributed by atoms with Gasteiger partial charge in [-0.2, -0.15) is 0 Å². The summed E-state index contributed by atoms with van der Waals surface area (Å²) in [5, 5.41) is 0. The second-order valence-electron chi connectivity index (χ2n) is 5.16. The van der Waals surface area contributed by atoms with Gasteiger partial charge in [-0.25, -0.2) is 4.39 Å². The fraction of sp³-hybridized carbons (Fsp3) is 0.538. The normalized spacial score (nSPS) is 34.1. The minimum Gasteiger partial charge on any atom is -0.325 e. The second kappa shape index (κ2) is 3.05. The van der Waals surface area contributed by atoms with Crippen LogP contribution in [-0.4, -0.2) is 5.54 Å². The molecule has 0 aromatic heterocycles. The van der Waals surface area contributed by atoms with Crippen molar-refractivity contribution >= 4 is 0 Å². The Kier molecular flexibility index (Phi) is 1.90. The van der Waals surface area contributed by atoms with Crippen molar-refractivity contribution in [3.8, 4) is 0 Å². The minimum absolute atomic E-state index is 0.0920. The summed E-state index contributed by atoms with van der Waals surface area (Å²) in [6.45, 7) is 0. The van der Waals surface area contributed by atoms with E-state index in [1.807, 2.05) is 12.1 Å². The molecule has 0 saturated heterocycles.